The zero-order chi connectivity index (χ0) is 21.3. The van der Waals surface area contributed by atoms with E-state index in [9.17, 15) is 18.3 Å². The number of anilines is 1. The van der Waals surface area contributed by atoms with Gasteiger partial charge in [0.05, 0.1) is 17.5 Å². The number of hydrogen-bond donors (Lipinski definition) is 2. The Kier molecular flexibility index (Phi) is 6.18. The van der Waals surface area contributed by atoms with Crippen molar-refractivity contribution in [2.24, 2.45) is 10.2 Å². The molecule has 2 N–H and O–H groups in total. The molecule has 1 heterocycles. The molecule has 0 atom stereocenters. The number of benzene rings is 2. The first kappa shape index (κ1) is 21.6. The van der Waals surface area contributed by atoms with E-state index in [4.69, 9.17) is 23.2 Å². The van der Waals surface area contributed by atoms with E-state index in [0.29, 0.717) is 10.9 Å². The number of nitrogens with zero attached hydrogens (tertiary/aromatic N) is 3. The topological polar surface area (TPSA) is 115 Å². The SMILES string of the molecule is CS(=O)(=O)N(CC(=O)N=Nc1c(O)[nH]c2ccc(Br)cc12)c1cc(Cl)cc(Cl)c1. The summed E-state index contributed by atoms with van der Waals surface area (Å²) in [6, 6.07) is 9.34. The average molecular weight is 520 g/mol. The Labute approximate surface area is 184 Å². The van der Waals surface area contributed by atoms with E-state index in [1.165, 1.54) is 18.2 Å². The Hall–Kier alpha value is -2.14. The number of nitrogens with one attached hydrogen (secondary N) is 1. The first-order chi connectivity index (χ1) is 13.5. The molecular formula is C17H13BrCl2N4O4S. The van der Waals surface area contributed by atoms with Crippen LogP contribution in [0.3, 0.4) is 0 Å². The van der Waals surface area contributed by atoms with Crippen molar-refractivity contribution in [2.75, 3.05) is 17.1 Å². The Balaban J connectivity index is 1.90. The van der Waals surface area contributed by atoms with Crippen molar-refractivity contribution >= 4 is 77.3 Å². The highest BCUT2D eigenvalue weighted by Crippen LogP contribution is 2.37. The van der Waals surface area contributed by atoms with Gasteiger partial charge in [-0.2, -0.15) is 0 Å². The number of amides is 1. The minimum Gasteiger partial charge on any atom is -0.493 e. The van der Waals surface area contributed by atoms with Gasteiger partial charge in [-0.1, -0.05) is 39.1 Å². The predicted molar refractivity (Wildman–Crippen MR) is 116 cm³/mol. The highest BCUT2D eigenvalue weighted by molar-refractivity contribution is 9.10. The number of hydrogen-bond acceptors (Lipinski definition) is 5. The standard InChI is InChI=1S/C17H13BrCl2N4O4S/c1-29(27,28)24(12-6-10(19)5-11(20)7-12)8-15(25)22-23-16-13-4-9(18)2-3-14(13)21-17(16)26/h2-7,21,26H,8H2,1H3. The van der Waals surface area contributed by atoms with Gasteiger partial charge in [-0.25, -0.2) is 8.42 Å². The van der Waals surface area contributed by atoms with Crippen molar-refractivity contribution in [3.8, 4) is 5.88 Å². The lowest BCUT2D eigenvalue weighted by atomic mass is 10.2. The Morgan fingerprint density at radius 1 is 1.21 bits per heavy atom. The minimum absolute atomic E-state index is 0.0614. The lowest BCUT2D eigenvalue weighted by Gasteiger charge is -2.20. The number of azo groups is 1. The zero-order valence-electron chi connectivity index (χ0n) is 14.7. The maximum absolute atomic E-state index is 12.3. The van der Waals surface area contributed by atoms with Gasteiger partial charge in [0.1, 0.15) is 6.54 Å². The molecule has 0 unspecified atom stereocenters. The molecule has 0 saturated heterocycles. The largest absolute Gasteiger partial charge is 0.493 e. The molecule has 3 rings (SSSR count). The van der Waals surface area contributed by atoms with Crippen LogP contribution in [0.1, 0.15) is 0 Å². The van der Waals surface area contributed by atoms with Crippen molar-refractivity contribution in [2.45, 2.75) is 0 Å². The Morgan fingerprint density at radius 2 is 1.86 bits per heavy atom. The second-order valence-corrected chi connectivity index (χ2v) is 9.70. The van der Waals surface area contributed by atoms with Crippen molar-refractivity contribution < 1.29 is 18.3 Å². The van der Waals surface area contributed by atoms with Gasteiger partial charge >= 0.3 is 0 Å². The third-order valence-electron chi connectivity index (χ3n) is 3.79. The summed E-state index contributed by atoms with van der Waals surface area (Å²) >= 11 is 15.2. The van der Waals surface area contributed by atoms with E-state index in [1.54, 1.807) is 18.2 Å². The summed E-state index contributed by atoms with van der Waals surface area (Å²) in [6.45, 7) is -0.619. The van der Waals surface area contributed by atoms with Gasteiger partial charge in [0.15, 0.2) is 5.69 Å². The molecule has 0 spiro atoms. The van der Waals surface area contributed by atoms with Crippen molar-refractivity contribution in [1.29, 1.82) is 0 Å². The fourth-order valence-electron chi connectivity index (χ4n) is 2.58. The quantitative estimate of drug-likeness (QED) is 0.460. The van der Waals surface area contributed by atoms with Gasteiger partial charge < -0.3 is 10.1 Å². The molecule has 0 saturated carbocycles. The number of aromatic amines is 1. The summed E-state index contributed by atoms with van der Waals surface area (Å²) in [7, 11) is -3.84. The summed E-state index contributed by atoms with van der Waals surface area (Å²) in [5.74, 6) is -1.12. The summed E-state index contributed by atoms with van der Waals surface area (Å²) < 4.78 is 25.9. The number of carbonyl (C=O) groups excluding carboxylic acids is 1. The van der Waals surface area contributed by atoms with Crippen LogP contribution >= 0.6 is 39.1 Å². The molecule has 0 aliphatic rings. The molecular weight excluding hydrogens is 507 g/mol. The maximum Gasteiger partial charge on any atom is 0.285 e. The molecule has 29 heavy (non-hydrogen) atoms. The van der Waals surface area contributed by atoms with Crippen LogP contribution in [0.5, 0.6) is 5.88 Å². The van der Waals surface area contributed by atoms with Crippen LogP contribution in [-0.2, 0) is 14.8 Å². The number of aromatic hydroxyl groups is 1. The van der Waals surface area contributed by atoms with Crippen LogP contribution in [0.15, 0.2) is 51.1 Å². The first-order valence-corrected chi connectivity index (χ1v) is 11.3. The van der Waals surface area contributed by atoms with Crippen LogP contribution in [0, 0.1) is 0 Å². The van der Waals surface area contributed by atoms with E-state index < -0.39 is 22.5 Å². The molecule has 0 aliphatic heterocycles. The van der Waals surface area contributed by atoms with Crippen molar-refractivity contribution in [3.05, 3.63) is 50.9 Å². The van der Waals surface area contributed by atoms with E-state index >= 15 is 0 Å². The number of aromatic nitrogens is 1. The average Bonchev–Trinajstić information content (AvgIpc) is 2.90. The predicted octanol–water partition coefficient (Wildman–Crippen LogP) is 5.02. The molecule has 12 heteroatoms. The number of halogens is 3. The van der Waals surface area contributed by atoms with Gasteiger partial charge in [-0.3, -0.25) is 9.10 Å². The van der Waals surface area contributed by atoms with Crippen LogP contribution in [0.2, 0.25) is 10.0 Å². The lowest BCUT2D eigenvalue weighted by Crippen LogP contribution is -2.34. The van der Waals surface area contributed by atoms with Crippen molar-refractivity contribution in [3.63, 3.8) is 0 Å². The first-order valence-electron chi connectivity index (χ1n) is 7.93. The molecule has 3 aromatic rings. The summed E-state index contributed by atoms with van der Waals surface area (Å²) in [6.07, 6.45) is 0.940. The van der Waals surface area contributed by atoms with E-state index in [2.05, 4.69) is 31.1 Å². The Morgan fingerprint density at radius 3 is 2.48 bits per heavy atom. The molecule has 1 amide bonds. The fraction of sp³-hybridized carbons (Fsp3) is 0.118. The molecule has 0 aliphatic carbocycles. The molecule has 1 aromatic heterocycles. The lowest BCUT2D eigenvalue weighted by molar-refractivity contribution is -0.116. The highest BCUT2D eigenvalue weighted by Gasteiger charge is 2.22. The zero-order valence-corrected chi connectivity index (χ0v) is 18.6. The molecule has 2 aromatic carbocycles. The summed E-state index contributed by atoms with van der Waals surface area (Å²) in [4.78, 5) is 15.0. The van der Waals surface area contributed by atoms with Crippen LogP contribution in [0.4, 0.5) is 11.4 Å². The molecule has 0 fully saturated rings. The van der Waals surface area contributed by atoms with E-state index in [0.717, 1.165) is 15.0 Å². The van der Waals surface area contributed by atoms with Crippen LogP contribution in [0.25, 0.3) is 10.9 Å². The number of H-pyrrole nitrogens is 1. The fourth-order valence-corrected chi connectivity index (χ4v) is 4.29. The summed E-state index contributed by atoms with van der Waals surface area (Å²) in [5, 5.41) is 18.3. The molecule has 152 valence electrons. The maximum atomic E-state index is 12.3. The van der Waals surface area contributed by atoms with Gasteiger partial charge in [0.2, 0.25) is 15.9 Å². The number of fused-ring (bicyclic) bond motifs is 1. The van der Waals surface area contributed by atoms with Crippen molar-refractivity contribution in [1.82, 2.24) is 4.98 Å². The molecule has 0 bridgehead atoms. The second kappa shape index (κ2) is 8.31. The van der Waals surface area contributed by atoms with E-state index in [-0.39, 0.29) is 27.3 Å². The number of sulfonamides is 1. The highest BCUT2D eigenvalue weighted by atomic mass is 79.9. The number of carbonyl (C=O) groups is 1. The van der Waals surface area contributed by atoms with E-state index in [1.807, 2.05) is 0 Å². The third kappa shape index (κ3) is 5.08. The van der Waals surface area contributed by atoms with Gasteiger partial charge in [0, 0.05) is 19.9 Å². The monoisotopic (exact) mass is 518 g/mol. The second-order valence-electron chi connectivity index (χ2n) is 6.00. The number of rotatable bonds is 5. The van der Waals surface area contributed by atoms with Gasteiger partial charge in [-0.15, -0.1) is 10.2 Å². The summed E-state index contributed by atoms with van der Waals surface area (Å²) in [5.41, 5.74) is 0.775. The normalized spacial score (nSPS) is 12.0. The Bertz CT molecular complexity index is 1220. The third-order valence-corrected chi connectivity index (χ3v) is 5.86. The minimum atomic E-state index is -3.84. The smallest absolute Gasteiger partial charge is 0.285 e. The van der Waals surface area contributed by atoms with Gasteiger partial charge in [-0.05, 0) is 36.4 Å². The molecule has 8 nitrogen and oxygen atoms in total. The molecule has 0 radical (unpaired) electrons. The van der Waals surface area contributed by atoms with Crippen LogP contribution in [-0.4, -0.2) is 37.2 Å². The van der Waals surface area contributed by atoms with Gasteiger partial charge in [0.25, 0.3) is 5.91 Å². The van der Waals surface area contributed by atoms with Crippen LogP contribution < -0.4 is 4.31 Å².